The SMILES string of the molecule is C=C[C@@]1(O)CN2CC[C@H]1C[C@H]2[C@H](O)c1cc(=O)[nH]c2ccc(OC)cc12. The minimum absolute atomic E-state index is 0.0763. The number of ether oxygens (including phenoxy) is 1. The maximum absolute atomic E-state index is 12.1. The largest absolute Gasteiger partial charge is 0.497 e. The molecule has 5 rings (SSSR count). The summed E-state index contributed by atoms with van der Waals surface area (Å²) in [6, 6.07) is 6.74. The minimum Gasteiger partial charge on any atom is -0.497 e. The fourth-order valence-electron chi connectivity index (χ4n) is 4.55. The van der Waals surface area contributed by atoms with Gasteiger partial charge in [0.1, 0.15) is 5.75 Å². The van der Waals surface area contributed by atoms with E-state index in [2.05, 4.69) is 16.5 Å². The summed E-state index contributed by atoms with van der Waals surface area (Å²) >= 11 is 0. The Morgan fingerprint density at radius 2 is 2.27 bits per heavy atom. The molecule has 3 fully saturated rings. The first kappa shape index (κ1) is 17.3. The molecule has 1 unspecified atom stereocenters. The fraction of sp³-hybridized carbons (Fsp3) is 0.450. The molecule has 5 atom stereocenters. The van der Waals surface area contributed by atoms with Gasteiger partial charge in [-0.05, 0) is 49.1 Å². The molecule has 6 heteroatoms. The zero-order chi connectivity index (χ0) is 18.5. The molecule has 0 amide bonds. The second kappa shape index (κ2) is 6.23. The average molecular weight is 356 g/mol. The first-order valence-electron chi connectivity index (χ1n) is 8.94. The highest BCUT2D eigenvalue weighted by Crippen LogP contribution is 2.43. The first-order chi connectivity index (χ1) is 12.4. The van der Waals surface area contributed by atoms with Gasteiger partial charge in [0.05, 0.1) is 18.8 Å². The van der Waals surface area contributed by atoms with Gasteiger partial charge >= 0.3 is 0 Å². The standard InChI is InChI=1S/C20H24N2O4/c1-3-20(25)11-22-7-6-12(20)8-17(22)19(24)15-10-18(23)21-16-5-4-13(26-2)9-14(15)16/h3-5,9-10,12,17,19,24-25H,1,6-8,11H2,2H3,(H,21,23)/t12-,17-,19+,20+/m0/s1. The van der Waals surface area contributed by atoms with E-state index in [1.54, 1.807) is 25.3 Å². The monoisotopic (exact) mass is 356 g/mol. The number of piperidine rings is 3. The van der Waals surface area contributed by atoms with E-state index in [1.807, 2.05) is 6.07 Å². The van der Waals surface area contributed by atoms with Crippen molar-refractivity contribution in [2.75, 3.05) is 20.2 Å². The summed E-state index contributed by atoms with van der Waals surface area (Å²) in [5, 5.41) is 22.6. The summed E-state index contributed by atoms with van der Waals surface area (Å²) in [5.74, 6) is 0.747. The van der Waals surface area contributed by atoms with Crippen LogP contribution in [0.15, 0.2) is 41.7 Å². The van der Waals surface area contributed by atoms with Crippen molar-refractivity contribution < 1.29 is 14.9 Å². The van der Waals surface area contributed by atoms with Gasteiger partial charge in [0, 0.05) is 29.6 Å². The second-order valence-corrected chi connectivity index (χ2v) is 7.40. The number of aliphatic hydroxyl groups is 2. The van der Waals surface area contributed by atoms with Crippen molar-refractivity contribution >= 4 is 10.9 Å². The summed E-state index contributed by atoms with van der Waals surface area (Å²) in [5.41, 5.74) is 0.136. The minimum atomic E-state index is -0.895. The van der Waals surface area contributed by atoms with E-state index in [0.29, 0.717) is 29.8 Å². The van der Waals surface area contributed by atoms with Crippen molar-refractivity contribution in [3.8, 4) is 5.75 Å². The summed E-state index contributed by atoms with van der Waals surface area (Å²) in [6.45, 7) is 5.07. The molecule has 0 aliphatic carbocycles. The maximum atomic E-state index is 12.1. The molecule has 138 valence electrons. The number of aromatic amines is 1. The molecule has 2 bridgehead atoms. The van der Waals surface area contributed by atoms with Crippen LogP contribution in [0.5, 0.6) is 5.75 Å². The summed E-state index contributed by atoms with van der Waals surface area (Å²) < 4.78 is 5.30. The number of pyridine rings is 1. The van der Waals surface area contributed by atoms with Gasteiger partial charge in [0.15, 0.2) is 0 Å². The molecule has 1 aromatic carbocycles. The number of rotatable bonds is 4. The van der Waals surface area contributed by atoms with Gasteiger partial charge in [0.25, 0.3) is 0 Å². The molecule has 26 heavy (non-hydrogen) atoms. The Morgan fingerprint density at radius 1 is 1.46 bits per heavy atom. The smallest absolute Gasteiger partial charge is 0.248 e. The number of benzene rings is 1. The summed E-state index contributed by atoms with van der Waals surface area (Å²) in [6.07, 6.45) is 2.36. The van der Waals surface area contributed by atoms with Crippen LogP contribution < -0.4 is 10.3 Å². The van der Waals surface area contributed by atoms with E-state index < -0.39 is 11.7 Å². The number of nitrogens with one attached hydrogen (secondary N) is 1. The van der Waals surface area contributed by atoms with Gasteiger partial charge in [-0.3, -0.25) is 9.69 Å². The van der Waals surface area contributed by atoms with Crippen LogP contribution in [0.4, 0.5) is 0 Å². The third kappa shape index (κ3) is 2.65. The van der Waals surface area contributed by atoms with Crippen molar-refractivity contribution in [2.24, 2.45) is 5.92 Å². The van der Waals surface area contributed by atoms with E-state index in [4.69, 9.17) is 4.74 Å². The summed E-state index contributed by atoms with van der Waals surface area (Å²) in [7, 11) is 1.59. The highest BCUT2D eigenvalue weighted by atomic mass is 16.5. The lowest BCUT2D eigenvalue weighted by Crippen LogP contribution is -2.63. The van der Waals surface area contributed by atoms with E-state index in [0.717, 1.165) is 18.4 Å². The highest BCUT2D eigenvalue weighted by molar-refractivity contribution is 5.83. The first-order valence-corrected chi connectivity index (χ1v) is 8.94. The van der Waals surface area contributed by atoms with Gasteiger partial charge in [-0.15, -0.1) is 6.58 Å². The Labute approximate surface area is 151 Å². The quantitative estimate of drug-likeness (QED) is 0.724. The Kier molecular flexibility index (Phi) is 4.14. The molecule has 6 nitrogen and oxygen atoms in total. The van der Waals surface area contributed by atoms with Crippen molar-refractivity contribution in [3.63, 3.8) is 0 Å². The summed E-state index contributed by atoms with van der Waals surface area (Å²) in [4.78, 5) is 17.0. The van der Waals surface area contributed by atoms with Crippen molar-refractivity contribution in [1.82, 2.24) is 9.88 Å². The van der Waals surface area contributed by atoms with Crippen LogP contribution in [-0.4, -0.2) is 51.9 Å². The normalized spacial score (nSPS) is 31.7. The van der Waals surface area contributed by atoms with Gasteiger partial charge < -0.3 is 19.9 Å². The fourth-order valence-corrected chi connectivity index (χ4v) is 4.55. The maximum Gasteiger partial charge on any atom is 0.248 e. The number of aromatic nitrogens is 1. The third-order valence-electron chi connectivity index (χ3n) is 6.04. The predicted octanol–water partition coefficient (Wildman–Crippen LogP) is 1.58. The molecule has 3 aliphatic rings. The second-order valence-electron chi connectivity index (χ2n) is 7.40. The van der Waals surface area contributed by atoms with Gasteiger partial charge in [-0.2, -0.15) is 0 Å². The number of fused-ring (bicyclic) bond motifs is 4. The third-order valence-corrected chi connectivity index (χ3v) is 6.04. The number of H-pyrrole nitrogens is 1. The molecule has 1 aromatic heterocycles. The van der Waals surface area contributed by atoms with Crippen molar-refractivity contribution in [3.05, 3.63) is 52.8 Å². The van der Waals surface area contributed by atoms with Crippen molar-refractivity contribution in [2.45, 2.75) is 30.6 Å². The molecule has 0 radical (unpaired) electrons. The number of methoxy groups -OCH3 is 1. The lowest BCUT2D eigenvalue weighted by Gasteiger charge is -2.54. The van der Waals surface area contributed by atoms with Crippen LogP contribution in [0.1, 0.15) is 24.5 Å². The lowest BCUT2D eigenvalue weighted by atomic mass is 9.71. The molecule has 3 N–H and O–H groups in total. The molecule has 0 saturated carbocycles. The van der Waals surface area contributed by atoms with E-state index in [-0.39, 0.29) is 17.5 Å². The zero-order valence-electron chi connectivity index (χ0n) is 14.8. The predicted molar refractivity (Wildman–Crippen MR) is 99.3 cm³/mol. The van der Waals surface area contributed by atoms with E-state index >= 15 is 0 Å². The van der Waals surface area contributed by atoms with Crippen molar-refractivity contribution in [1.29, 1.82) is 0 Å². The molecule has 3 saturated heterocycles. The average Bonchev–Trinajstić information content (AvgIpc) is 2.66. The Morgan fingerprint density at radius 3 is 2.92 bits per heavy atom. The topological polar surface area (TPSA) is 85.8 Å². The van der Waals surface area contributed by atoms with Gasteiger partial charge in [-0.1, -0.05) is 6.08 Å². The van der Waals surface area contributed by atoms with Crippen LogP contribution in [0.2, 0.25) is 0 Å². The van der Waals surface area contributed by atoms with Crippen LogP contribution >= 0.6 is 0 Å². The molecule has 4 heterocycles. The van der Waals surface area contributed by atoms with Crippen LogP contribution in [0, 0.1) is 5.92 Å². The molecule has 3 aliphatic heterocycles. The number of aliphatic hydroxyl groups excluding tert-OH is 1. The zero-order valence-corrected chi connectivity index (χ0v) is 14.8. The molecular weight excluding hydrogens is 332 g/mol. The van der Waals surface area contributed by atoms with Gasteiger partial charge in [0.2, 0.25) is 5.56 Å². The van der Waals surface area contributed by atoms with Crippen LogP contribution in [0.3, 0.4) is 0 Å². The number of hydrogen-bond donors (Lipinski definition) is 3. The lowest BCUT2D eigenvalue weighted by molar-refractivity contribution is -0.127. The number of nitrogens with zero attached hydrogens (tertiary/aromatic N) is 1. The molecule has 0 spiro atoms. The Balaban J connectivity index is 1.74. The Bertz CT molecular complexity index is 908. The van der Waals surface area contributed by atoms with Crippen LogP contribution in [-0.2, 0) is 0 Å². The number of hydrogen-bond acceptors (Lipinski definition) is 5. The Hall–Kier alpha value is -2.15. The van der Waals surface area contributed by atoms with Crippen LogP contribution in [0.25, 0.3) is 10.9 Å². The van der Waals surface area contributed by atoms with E-state index in [9.17, 15) is 15.0 Å². The molecule has 2 aromatic rings. The highest BCUT2D eigenvalue weighted by Gasteiger charge is 2.49. The molecular formula is C20H24N2O4. The van der Waals surface area contributed by atoms with Gasteiger partial charge in [-0.25, -0.2) is 0 Å². The van der Waals surface area contributed by atoms with E-state index in [1.165, 1.54) is 6.07 Å².